The zero-order valence-corrected chi connectivity index (χ0v) is 16.0. The smallest absolute Gasteiger partial charge is 0.0651 e. The van der Waals surface area contributed by atoms with Crippen LogP contribution >= 0.6 is 0 Å². The zero-order chi connectivity index (χ0) is 18.2. The first-order valence-electron chi connectivity index (χ1n) is 10.3. The Morgan fingerprint density at radius 1 is 0.963 bits per heavy atom. The summed E-state index contributed by atoms with van der Waals surface area (Å²) < 4.78 is 1.92. The lowest BCUT2D eigenvalue weighted by Gasteiger charge is -2.35. The molecule has 0 spiro atoms. The van der Waals surface area contributed by atoms with Crippen LogP contribution in [-0.2, 0) is 12.8 Å². The van der Waals surface area contributed by atoms with Crippen molar-refractivity contribution in [3.63, 3.8) is 0 Å². The van der Waals surface area contributed by atoms with Gasteiger partial charge in [-0.1, -0.05) is 30.3 Å². The normalized spacial score (nSPS) is 22.7. The largest absolute Gasteiger partial charge is 0.297 e. The number of benzene rings is 2. The molecule has 138 valence electrons. The average molecular weight is 358 g/mol. The van der Waals surface area contributed by atoms with Gasteiger partial charge in [-0.15, -0.1) is 0 Å². The van der Waals surface area contributed by atoms with E-state index in [1.165, 1.54) is 49.8 Å². The van der Waals surface area contributed by atoms with E-state index in [9.17, 15) is 0 Å². The van der Waals surface area contributed by atoms with Crippen LogP contribution in [0.5, 0.6) is 0 Å². The van der Waals surface area contributed by atoms with Crippen molar-refractivity contribution < 1.29 is 0 Å². The third-order valence-electron chi connectivity index (χ3n) is 6.43. The minimum atomic E-state index is 0.740. The summed E-state index contributed by atoms with van der Waals surface area (Å²) >= 11 is 0. The van der Waals surface area contributed by atoms with Gasteiger partial charge in [0, 0.05) is 24.5 Å². The van der Waals surface area contributed by atoms with E-state index in [1.54, 1.807) is 11.1 Å². The molecule has 5 rings (SSSR count). The molecule has 2 aromatic carbocycles. The summed E-state index contributed by atoms with van der Waals surface area (Å²) in [4.78, 5) is 2.75. The van der Waals surface area contributed by atoms with Crippen LogP contribution in [0.3, 0.4) is 0 Å². The van der Waals surface area contributed by atoms with Gasteiger partial charge in [-0.2, -0.15) is 5.10 Å². The van der Waals surface area contributed by atoms with Crippen LogP contribution in [0.2, 0.25) is 0 Å². The summed E-state index contributed by atoms with van der Waals surface area (Å²) in [5.74, 6) is 0. The minimum Gasteiger partial charge on any atom is -0.297 e. The van der Waals surface area contributed by atoms with Crippen molar-refractivity contribution >= 4 is 0 Å². The Morgan fingerprint density at radius 3 is 2.70 bits per heavy atom. The van der Waals surface area contributed by atoms with E-state index < -0.39 is 0 Å². The SMILES string of the molecule is CC1CCCN1C1CCc2cc(-c3cccc(-n4cccn4)c3)ccc2C1. The van der Waals surface area contributed by atoms with Crippen molar-refractivity contribution in [1.29, 1.82) is 0 Å². The maximum absolute atomic E-state index is 4.36. The van der Waals surface area contributed by atoms with Crippen molar-refractivity contribution in [2.75, 3.05) is 6.54 Å². The lowest BCUT2D eigenvalue weighted by molar-refractivity contribution is 0.174. The molecule has 0 saturated carbocycles. The van der Waals surface area contributed by atoms with Gasteiger partial charge in [0.05, 0.1) is 5.69 Å². The average Bonchev–Trinajstić information content (AvgIpc) is 3.39. The van der Waals surface area contributed by atoms with Crippen LogP contribution < -0.4 is 0 Å². The van der Waals surface area contributed by atoms with E-state index in [1.807, 2.05) is 23.1 Å². The van der Waals surface area contributed by atoms with E-state index in [0.717, 1.165) is 17.8 Å². The molecular formula is C24H27N3. The van der Waals surface area contributed by atoms with Crippen LogP contribution in [0, 0.1) is 0 Å². The summed E-state index contributed by atoms with van der Waals surface area (Å²) in [5.41, 5.74) is 6.78. The highest BCUT2D eigenvalue weighted by molar-refractivity contribution is 5.67. The maximum Gasteiger partial charge on any atom is 0.0651 e. The monoisotopic (exact) mass is 357 g/mol. The first-order valence-corrected chi connectivity index (χ1v) is 10.3. The van der Waals surface area contributed by atoms with E-state index in [2.05, 4.69) is 59.4 Å². The lowest BCUT2D eigenvalue weighted by Crippen LogP contribution is -2.41. The van der Waals surface area contributed by atoms with Crippen molar-refractivity contribution in [2.45, 2.75) is 51.1 Å². The summed E-state index contributed by atoms with van der Waals surface area (Å²) in [5, 5.41) is 4.36. The molecule has 3 heteroatoms. The third-order valence-corrected chi connectivity index (χ3v) is 6.43. The van der Waals surface area contributed by atoms with Gasteiger partial charge in [-0.05, 0) is 86.0 Å². The number of nitrogens with zero attached hydrogens (tertiary/aromatic N) is 3. The summed E-state index contributed by atoms with van der Waals surface area (Å²) in [6.45, 7) is 3.69. The Hall–Kier alpha value is -2.39. The fraction of sp³-hybridized carbons (Fsp3) is 0.375. The van der Waals surface area contributed by atoms with Crippen LogP contribution in [0.15, 0.2) is 60.9 Å². The predicted molar refractivity (Wildman–Crippen MR) is 110 cm³/mol. The first kappa shape index (κ1) is 16.8. The number of likely N-dealkylation sites (tertiary alicyclic amines) is 1. The molecule has 0 N–H and O–H groups in total. The van der Waals surface area contributed by atoms with Gasteiger partial charge >= 0.3 is 0 Å². The van der Waals surface area contributed by atoms with Crippen molar-refractivity contribution in [3.05, 3.63) is 72.1 Å². The second-order valence-electron chi connectivity index (χ2n) is 8.11. The lowest BCUT2D eigenvalue weighted by atomic mass is 9.85. The van der Waals surface area contributed by atoms with Gasteiger partial charge < -0.3 is 0 Å². The second kappa shape index (κ2) is 6.97. The van der Waals surface area contributed by atoms with Gasteiger partial charge in [-0.25, -0.2) is 4.68 Å². The van der Waals surface area contributed by atoms with Crippen LogP contribution in [0.25, 0.3) is 16.8 Å². The Bertz CT molecular complexity index is 929. The highest BCUT2D eigenvalue weighted by Crippen LogP contribution is 2.32. The molecule has 1 aliphatic heterocycles. The molecule has 3 nitrogen and oxygen atoms in total. The molecule has 3 aromatic rings. The molecular weight excluding hydrogens is 330 g/mol. The fourth-order valence-electron chi connectivity index (χ4n) is 4.95. The maximum atomic E-state index is 4.36. The van der Waals surface area contributed by atoms with Crippen LogP contribution in [0.1, 0.15) is 37.3 Å². The molecule has 1 saturated heterocycles. The number of fused-ring (bicyclic) bond motifs is 1. The molecule has 27 heavy (non-hydrogen) atoms. The number of aryl methyl sites for hydroxylation is 1. The van der Waals surface area contributed by atoms with E-state index in [0.29, 0.717) is 0 Å². The predicted octanol–water partition coefficient (Wildman–Crippen LogP) is 4.88. The molecule has 1 fully saturated rings. The molecule has 2 unspecified atom stereocenters. The van der Waals surface area contributed by atoms with Gasteiger partial charge in [0.15, 0.2) is 0 Å². The summed E-state index contributed by atoms with van der Waals surface area (Å²) in [6.07, 6.45) is 10.3. The Morgan fingerprint density at radius 2 is 1.89 bits per heavy atom. The van der Waals surface area contributed by atoms with Gasteiger partial charge in [0.25, 0.3) is 0 Å². The fourth-order valence-corrected chi connectivity index (χ4v) is 4.95. The zero-order valence-electron chi connectivity index (χ0n) is 16.0. The number of rotatable bonds is 3. The molecule has 2 heterocycles. The highest BCUT2D eigenvalue weighted by Gasteiger charge is 2.30. The quantitative estimate of drug-likeness (QED) is 0.666. The van der Waals surface area contributed by atoms with Gasteiger partial charge in [0.2, 0.25) is 0 Å². The topological polar surface area (TPSA) is 21.1 Å². The molecule has 0 amide bonds. The first-order chi connectivity index (χ1) is 13.3. The Labute approximate surface area is 161 Å². The third kappa shape index (κ3) is 3.21. The molecule has 2 aliphatic rings. The van der Waals surface area contributed by atoms with Crippen LogP contribution in [0.4, 0.5) is 0 Å². The molecule has 2 atom stereocenters. The van der Waals surface area contributed by atoms with Crippen molar-refractivity contribution in [1.82, 2.24) is 14.7 Å². The van der Waals surface area contributed by atoms with Crippen LogP contribution in [-0.4, -0.2) is 33.3 Å². The van der Waals surface area contributed by atoms with E-state index >= 15 is 0 Å². The van der Waals surface area contributed by atoms with Gasteiger partial charge in [-0.3, -0.25) is 4.90 Å². The van der Waals surface area contributed by atoms with Crippen molar-refractivity contribution in [3.8, 4) is 16.8 Å². The number of aromatic nitrogens is 2. The van der Waals surface area contributed by atoms with Gasteiger partial charge in [0.1, 0.15) is 0 Å². The standard InChI is InChI=1S/C24H27N3/c1-18-5-3-13-26(18)23-11-10-21-15-20(8-9-22(21)16-23)19-6-2-7-24(17-19)27-14-4-12-25-27/h2,4,6-9,12,14-15,17-18,23H,3,5,10-11,13,16H2,1H3. The molecule has 1 aliphatic carbocycles. The Kier molecular flexibility index (Phi) is 4.33. The highest BCUT2D eigenvalue weighted by atomic mass is 15.3. The number of hydrogen-bond acceptors (Lipinski definition) is 2. The Balaban J connectivity index is 1.40. The number of hydrogen-bond donors (Lipinski definition) is 0. The van der Waals surface area contributed by atoms with E-state index in [4.69, 9.17) is 0 Å². The minimum absolute atomic E-state index is 0.740. The summed E-state index contributed by atoms with van der Waals surface area (Å²) in [7, 11) is 0. The molecule has 0 bridgehead atoms. The summed E-state index contributed by atoms with van der Waals surface area (Å²) in [6, 6.07) is 19.2. The van der Waals surface area contributed by atoms with Crippen molar-refractivity contribution in [2.24, 2.45) is 0 Å². The molecule has 1 aromatic heterocycles. The second-order valence-corrected chi connectivity index (χ2v) is 8.11. The molecule has 0 radical (unpaired) electrons. The van der Waals surface area contributed by atoms with E-state index in [-0.39, 0.29) is 0 Å².